The van der Waals surface area contributed by atoms with Gasteiger partial charge in [-0.3, -0.25) is 5.32 Å². The molecule has 0 spiro atoms. The summed E-state index contributed by atoms with van der Waals surface area (Å²) in [6, 6.07) is 1.66. The van der Waals surface area contributed by atoms with Crippen LogP contribution in [-0.4, -0.2) is 41.6 Å². The van der Waals surface area contributed by atoms with Crippen molar-refractivity contribution in [2.45, 2.75) is 18.5 Å². The average molecular weight is 496 g/mol. The molecule has 0 unspecified atom stereocenters. The van der Waals surface area contributed by atoms with Crippen LogP contribution in [0.5, 0.6) is 11.8 Å². The molecule has 2 N–H and O–H groups in total. The standard InChI is InChI=1S/C16H10F10N4O3/c17-9-10(32-5-14(18,19)20)28-12(29-11(9)33-6-15(21,22)23)30-13(31)27-8-3-1-7(2-4-8)16(24,25)26/h1-4H,5-6H2,(H2,27,28,29,30,31). The van der Waals surface area contributed by atoms with Gasteiger partial charge in [-0.25, -0.2) is 4.79 Å². The van der Waals surface area contributed by atoms with Gasteiger partial charge in [-0.15, -0.1) is 0 Å². The van der Waals surface area contributed by atoms with Gasteiger partial charge in [0.1, 0.15) is 0 Å². The first-order valence-corrected chi connectivity index (χ1v) is 8.25. The number of rotatable bonds is 6. The van der Waals surface area contributed by atoms with E-state index in [2.05, 4.69) is 19.4 Å². The SMILES string of the molecule is O=C(Nc1ccc(C(F)(F)F)cc1)Nc1nc(OCC(F)(F)F)c(F)c(OCC(F)(F)F)n1. The van der Waals surface area contributed by atoms with E-state index in [1.807, 2.05) is 5.32 Å². The normalized spacial score (nSPS) is 12.3. The first-order chi connectivity index (χ1) is 15.0. The third-order valence-corrected chi connectivity index (χ3v) is 3.23. The average Bonchev–Trinajstić information content (AvgIpc) is 2.65. The molecule has 0 aliphatic carbocycles. The van der Waals surface area contributed by atoms with Crippen molar-refractivity contribution >= 4 is 17.7 Å². The van der Waals surface area contributed by atoms with Crippen LogP contribution in [-0.2, 0) is 6.18 Å². The Morgan fingerprint density at radius 3 is 1.64 bits per heavy atom. The largest absolute Gasteiger partial charge is 0.466 e. The number of aromatic nitrogens is 2. The van der Waals surface area contributed by atoms with Gasteiger partial charge in [0.05, 0.1) is 5.56 Å². The molecule has 1 heterocycles. The second-order valence-electron chi connectivity index (χ2n) is 5.93. The summed E-state index contributed by atoms with van der Waals surface area (Å²) >= 11 is 0. The quantitative estimate of drug-likeness (QED) is 0.540. The molecule has 0 radical (unpaired) electrons. The summed E-state index contributed by atoms with van der Waals surface area (Å²) < 4.78 is 134. The van der Waals surface area contributed by atoms with Crippen molar-refractivity contribution in [2.24, 2.45) is 0 Å². The molecule has 2 rings (SSSR count). The number of alkyl halides is 9. The second kappa shape index (κ2) is 9.53. The zero-order valence-electron chi connectivity index (χ0n) is 15.6. The predicted molar refractivity (Wildman–Crippen MR) is 89.2 cm³/mol. The number of hydrogen-bond donors (Lipinski definition) is 2. The van der Waals surface area contributed by atoms with Gasteiger partial charge in [-0.2, -0.15) is 53.9 Å². The zero-order chi connectivity index (χ0) is 25.0. The van der Waals surface area contributed by atoms with Gasteiger partial charge in [0.2, 0.25) is 11.8 Å². The second-order valence-corrected chi connectivity index (χ2v) is 5.93. The minimum atomic E-state index is -4.97. The van der Waals surface area contributed by atoms with Gasteiger partial charge in [0.25, 0.3) is 11.8 Å². The minimum Gasteiger partial charge on any atom is -0.466 e. The van der Waals surface area contributed by atoms with Gasteiger partial charge in [0, 0.05) is 5.69 Å². The van der Waals surface area contributed by atoms with Crippen LogP contribution in [0, 0.1) is 5.82 Å². The number of carbonyl (C=O) groups excluding carboxylic acids is 1. The summed E-state index contributed by atoms with van der Waals surface area (Å²) in [6.45, 7) is -4.17. The van der Waals surface area contributed by atoms with E-state index in [9.17, 15) is 48.7 Å². The number of anilines is 2. The van der Waals surface area contributed by atoms with Gasteiger partial charge < -0.3 is 14.8 Å². The van der Waals surface area contributed by atoms with Crippen LogP contribution in [0.25, 0.3) is 0 Å². The number of amides is 2. The molecule has 7 nitrogen and oxygen atoms in total. The van der Waals surface area contributed by atoms with Gasteiger partial charge in [-0.1, -0.05) is 0 Å². The van der Waals surface area contributed by atoms with Crippen molar-refractivity contribution in [3.8, 4) is 11.8 Å². The molecule has 1 aromatic carbocycles. The maximum atomic E-state index is 14.1. The topological polar surface area (TPSA) is 85.4 Å². The summed E-state index contributed by atoms with van der Waals surface area (Å²) in [7, 11) is 0. The molecule has 0 atom stereocenters. The molecule has 33 heavy (non-hydrogen) atoms. The van der Waals surface area contributed by atoms with Crippen molar-refractivity contribution in [1.29, 1.82) is 0 Å². The Hall–Kier alpha value is -3.53. The van der Waals surface area contributed by atoms with Crippen molar-refractivity contribution < 1.29 is 58.2 Å². The van der Waals surface area contributed by atoms with E-state index in [0.29, 0.717) is 12.1 Å². The molecule has 0 saturated heterocycles. The fraction of sp³-hybridized carbons (Fsp3) is 0.312. The number of carbonyl (C=O) groups is 1. The van der Waals surface area contributed by atoms with Crippen LogP contribution in [0.3, 0.4) is 0 Å². The first kappa shape index (κ1) is 25.7. The highest BCUT2D eigenvalue weighted by Crippen LogP contribution is 2.30. The third-order valence-electron chi connectivity index (χ3n) is 3.23. The number of hydrogen-bond acceptors (Lipinski definition) is 5. The molecular weight excluding hydrogens is 486 g/mol. The lowest BCUT2D eigenvalue weighted by Gasteiger charge is -2.14. The van der Waals surface area contributed by atoms with E-state index in [0.717, 1.165) is 12.1 Å². The Bertz CT molecular complexity index is 935. The van der Waals surface area contributed by atoms with Crippen molar-refractivity contribution in [3.63, 3.8) is 0 Å². The van der Waals surface area contributed by atoms with Crippen molar-refractivity contribution in [1.82, 2.24) is 9.97 Å². The zero-order valence-corrected chi connectivity index (χ0v) is 15.6. The van der Waals surface area contributed by atoms with E-state index in [1.54, 1.807) is 5.32 Å². The summed E-state index contributed by atoms with van der Waals surface area (Å²) in [4.78, 5) is 18.2. The molecule has 2 aromatic rings. The fourth-order valence-corrected chi connectivity index (χ4v) is 1.96. The summed E-state index contributed by atoms with van der Waals surface area (Å²) in [5.74, 6) is -5.90. The van der Waals surface area contributed by atoms with E-state index in [-0.39, 0.29) is 5.69 Å². The van der Waals surface area contributed by atoms with E-state index in [1.165, 1.54) is 0 Å². The molecular formula is C16H10F10N4O3. The summed E-state index contributed by atoms with van der Waals surface area (Å²) in [6.07, 6.45) is -14.6. The predicted octanol–water partition coefficient (Wildman–Crippen LogP) is 5.16. The molecule has 182 valence electrons. The van der Waals surface area contributed by atoms with Crippen LogP contribution in [0.2, 0.25) is 0 Å². The minimum absolute atomic E-state index is 0.190. The number of benzene rings is 1. The molecule has 17 heteroatoms. The number of halogens is 10. The monoisotopic (exact) mass is 496 g/mol. The van der Waals surface area contributed by atoms with Gasteiger partial charge in [-0.05, 0) is 24.3 Å². The molecule has 0 aliphatic heterocycles. The van der Waals surface area contributed by atoms with E-state index >= 15 is 0 Å². The lowest BCUT2D eigenvalue weighted by molar-refractivity contribution is -0.155. The highest BCUT2D eigenvalue weighted by Gasteiger charge is 2.33. The van der Waals surface area contributed by atoms with Crippen LogP contribution in [0.1, 0.15) is 5.56 Å². The fourth-order valence-electron chi connectivity index (χ4n) is 1.96. The number of nitrogens with zero attached hydrogens (tertiary/aromatic N) is 2. The Morgan fingerprint density at radius 2 is 1.24 bits per heavy atom. The van der Waals surface area contributed by atoms with Crippen molar-refractivity contribution in [3.05, 3.63) is 35.6 Å². The Labute approximate surface area is 176 Å². The summed E-state index contributed by atoms with van der Waals surface area (Å²) in [5.41, 5.74) is -1.22. The number of urea groups is 1. The van der Waals surface area contributed by atoms with Gasteiger partial charge in [0.15, 0.2) is 13.2 Å². The van der Waals surface area contributed by atoms with Crippen LogP contribution < -0.4 is 20.1 Å². The van der Waals surface area contributed by atoms with E-state index in [4.69, 9.17) is 0 Å². The number of nitrogens with one attached hydrogen (secondary N) is 2. The van der Waals surface area contributed by atoms with Crippen molar-refractivity contribution in [2.75, 3.05) is 23.8 Å². The van der Waals surface area contributed by atoms with E-state index < -0.39 is 66.9 Å². The van der Waals surface area contributed by atoms with Crippen LogP contribution in [0.4, 0.5) is 60.3 Å². The maximum absolute atomic E-state index is 14.1. The molecule has 0 saturated carbocycles. The first-order valence-electron chi connectivity index (χ1n) is 8.25. The Morgan fingerprint density at radius 1 is 0.788 bits per heavy atom. The van der Waals surface area contributed by atoms with Crippen LogP contribution in [0.15, 0.2) is 24.3 Å². The molecule has 1 aromatic heterocycles. The Balaban J connectivity index is 2.21. The molecule has 2 amide bonds. The van der Waals surface area contributed by atoms with Crippen LogP contribution >= 0.6 is 0 Å². The molecule has 0 aliphatic rings. The Kier molecular flexibility index (Phi) is 7.43. The summed E-state index contributed by atoms with van der Waals surface area (Å²) in [5, 5.41) is 3.76. The smallest absolute Gasteiger partial charge is 0.422 e. The lowest BCUT2D eigenvalue weighted by atomic mass is 10.2. The number of ether oxygens (including phenoxy) is 2. The molecule has 0 fully saturated rings. The van der Waals surface area contributed by atoms with Gasteiger partial charge >= 0.3 is 24.6 Å². The third kappa shape index (κ3) is 8.49. The lowest BCUT2D eigenvalue weighted by Crippen LogP contribution is -2.24. The highest BCUT2D eigenvalue weighted by molar-refractivity contribution is 5.98. The highest BCUT2D eigenvalue weighted by atomic mass is 19.4. The maximum Gasteiger partial charge on any atom is 0.422 e. The molecule has 0 bridgehead atoms.